The van der Waals surface area contributed by atoms with Gasteiger partial charge in [-0.05, 0) is 42.7 Å². The Labute approximate surface area is 132 Å². The predicted octanol–water partition coefficient (Wildman–Crippen LogP) is 2.78. The molecule has 0 spiro atoms. The van der Waals surface area contributed by atoms with Crippen LogP contribution in [-0.4, -0.2) is 28.7 Å². The Morgan fingerprint density at radius 1 is 1.50 bits per heavy atom. The fourth-order valence-corrected chi connectivity index (χ4v) is 2.52. The first-order valence-corrected chi connectivity index (χ1v) is 7.92. The third-order valence-corrected chi connectivity index (χ3v) is 3.84. The maximum Gasteiger partial charge on any atom is 0.320 e. The fraction of sp³-hybridized carbons (Fsp3) is 0.647. The van der Waals surface area contributed by atoms with E-state index >= 15 is 0 Å². The van der Waals surface area contributed by atoms with E-state index in [-0.39, 0.29) is 5.41 Å². The molecule has 0 aliphatic carbocycles. The van der Waals surface area contributed by atoms with Gasteiger partial charge >= 0.3 is 5.97 Å². The number of rotatable bonds is 6. The zero-order chi connectivity index (χ0) is 16.2. The molecule has 1 aromatic heterocycles. The molecular weight excluding hydrogens is 280 g/mol. The van der Waals surface area contributed by atoms with Gasteiger partial charge in [-0.2, -0.15) is 0 Å². The molecule has 5 heteroatoms. The normalized spacial score (nSPS) is 15.8. The summed E-state index contributed by atoms with van der Waals surface area (Å²) < 4.78 is 5.49. The van der Waals surface area contributed by atoms with E-state index in [1.807, 2.05) is 0 Å². The monoisotopic (exact) mass is 306 g/mol. The number of carboxylic acid groups (broad SMARTS) is 1. The van der Waals surface area contributed by atoms with Gasteiger partial charge < -0.3 is 15.2 Å². The highest BCUT2D eigenvalue weighted by molar-refractivity contribution is 5.73. The van der Waals surface area contributed by atoms with Crippen molar-refractivity contribution in [3.8, 4) is 5.88 Å². The summed E-state index contributed by atoms with van der Waals surface area (Å²) in [5.74, 6) is -0.0731. The Bertz CT molecular complexity index is 523. The van der Waals surface area contributed by atoms with E-state index in [0.717, 1.165) is 42.9 Å². The molecule has 2 heterocycles. The summed E-state index contributed by atoms with van der Waals surface area (Å²) >= 11 is 0. The molecule has 22 heavy (non-hydrogen) atoms. The quantitative estimate of drug-likeness (QED) is 0.845. The molecule has 0 radical (unpaired) electrons. The molecule has 1 aliphatic rings. The van der Waals surface area contributed by atoms with Gasteiger partial charge in [0, 0.05) is 18.3 Å². The van der Waals surface area contributed by atoms with Crippen molar-refractivity contribution < 1.29 is 14.6 Å². The molecule has 0 bridgehead atoms. The van der Waals surface area contributed by atoms with Crippen LogP contribution in [0.3, 0.4) is 0 Å². The lowest BCUT2D eigenvalue weighted by Gasteiger charge is -2.22. The van der Waals surface area contributed by atoms with Crippen molar-refractivity contribution in [1.82, 2.24) is 10.3 Å². The highest BCUT2D eigenvalue weighted by Crippen LogP contribution is 2.23. The molecule has 0 amide bonds. The Balaban J connectivity index is 1.93. The predicted molar refractivity (Wildman–Crippen MR) is 85.0 cm³/mol. The summed E-state index contributed by atoms with van der Waals surface area (Å²) in [5.41, 5.74) is 2.26. The number of hydrogen-bond acceptors (Lipinski definition) is 4. The minimum atomic E-state index is -0.793. The van der Waals surface area contributed by atoms with Crippen LogP contribution in [0.5, 0.6) is 5.88 Å². The number of ether oxygens (including phenoxy) is 1. The number of aliphatic carboxylic acids is 1. The summed E-state index contributed by atoms with van der Waals surface area (Å²) in [4.78, 5) is 15.7. The number of nitrogens with one attached hydrogen (secondary N) is 1. The number of fused-ring (bicyclic) bond motifs is 1. The smallest absolute Gasteiger partial charge is 0.320 e. The molecule has 1 aliphatic heterocycles. The lowest BCUT2D eigenvalue weighted by molar-refractivity contribution is -0.139. The third-order valence-electron chi connectivity index (χ3n) is 3.84. The van der Waals surface area contributed by atoms with Crippen molar-refractivity contribution >= 4 is 5.97 Å². The summed E-state index contributed by atoms with van der Waals surface area (Å²) in [6, 6.07) is 1.54. The Kier molecular flexibility index (Phi) is 5.40. The number of carbonyl (C=O) groups is 1. The molecule has 5 nitrogen and oxygen atoms in total. The fourth-order valence-electron chi connectivity index (χ4n) is 2.52. The summed E-state index contributed by atoms with van der Waals surface area (Å²) in [6.45, 7) is 7.62. The lowest BCUT2D eigenvalue weighted by atomic mass is 9.88. The van der Waals surface area contributed by atoms with Gasteiger partial charge in [0.15, 0.2) is 0 Å². The second kappa shape index (κ2) is 7.09. The zero-order valence-corrected chi connectivity index (χ0v) is 13.7. The van der Waals surface area contributed by atoms with Crippen LogP contribution in [0.1, 0.15) is 51.2 Å². The van der Waals surface area contributed by atoms with Gasteiger partial charge in [0.2, 0.25) is 5.88 Å². The van der Waals surface area contributed by atoms with Gasteiger partial charge in [-0.15, -0.1) is 0 Å². The van der Waals surface area contributed by atoms with Gasteiger partial charge in [-0.3, -0.25) is 4.79 Å². The molecule has 0 saturated carbocycles. The highest BCUT2D eigenvalue weighted by Gasteiger charge is 2.21. The first-order valence-electron chi connectivity index (χ1n) is 7.92. The van der Waals surface area contributed by atoms with Crippen LogP contribution in [0.2, 0.25) is 0 Å². The minimum absolute atomic E-state index is 0.139. The van der Waals surface area contributed by atoms with E-state index in [1.165, 1.54) is 0 Å². The molecular formula is C17H26N2O3. The molecule has 1 atom stereocenters. The number of pyridine rings is 1. The number of carboxylic acids is 1. The largest absolute Gasteiger partial charge is 0.480 e. The SMILES string of the molecule is CC(C)(C)CC[C@H](NCc1cnc2c(c1)CCCO2)C(=O)O. The van der Waals surface area contributed by atoms with Crippen molar-refractivity contribution in [2.24, 2.45) is 5.41 Å². The molecule has 0 saturated heterocycles. The first-order chi connectivity index (χ1) is 10.3. The second-order valence-corrected chi connectivity index (χ2v) is 7.13. The first kappa shape index (κ1) is 16.7. The molecule has 0 aromatic carbocycles. The average molecular weight is 306 g/mol. The molecule has 1 aromatic rings. The van der Waals surface area contributed by atoms with Crippen molar-refractivity contribution in [1.29, 1.82) is 0 Å². The van der Waals surface area contributed by atoms with Crippen LogP contribution in [0.25, 0.3) is 0 Å². The van der Waals surface area contributed by atoms with Crippen LogP contribution in [0.4, 0.5) is 0 Å². The van der Waals surface area contributed by atoms with E-state index in [1.54, 1.807) is 6.20 Å². The second-order valence-electron chi connectivity index (χ2n) is 7.13. The van der Waals surface area contributed by atoms with Crippen LogP contribution < -0.4 is 10.1 Å². The third kappa shape index (κ3) is 4.98. The topological polar surface area (TPSA) is 71.5 Å². The van der Waals surface area contributed by atoms with Gasteiger partial charge in [0.05, 0.1) is 6.61 Å². The maximum atomic E-state index is 11.4. The maximum absolute atomic E-state index is 11.4. The lowest BCUT2D eigenvalue weighted by Crippen LogP contribution is -2.37. The van der Waals surface area contributed by atoms with Gasteiger partial charge in [0.1, 0.15) is 6.04 Å². The number of aryl methyl sites for hydroxylation is 1. The van der Waals surface area contributed by atoms with Crippen molar-refractivity contribution in [3.05, 3.63) is 23.4 Å². The van der Waals surface area contributed by atoms with Gasteiger partial charge in [0.25, 0.3) is 0 Å². The van der Waals surface area contributed by atoms with Crippen molar-refractivity contribution in [2.45, 2.75) is 59.0 Å². The molecule has 122 valence electrons. The Morgan fingerprint density at radius 2 is 2.27 bits per heavy atom. The Hall–Kier alpha value is -1.62. The van der Waals surface area contributed by atoms with Gasteiger partial charge in [-0.25, -0.2) is 4.98 Å². The Morgan fingerprint density at radius 3 is 2.95 bits per heavy atom. The van der Waals surface area contributed by atoms with E-state index < -0.39 is 12.0 Å². The molecule has 0 fully saturated rings. The average Bonchev–Trinajstić information content (AvgIpc) is 2.45. The standard InChI is InChI=1S/C17H26N2O3/c1-17(2,3)7-6-14(16(20)21)18-10-12-9-13-5-4-8-22-15(13)19-11-12/h9,11,14,18H,4-8,10H2,1-3H3,(H,20,21)/t14-/m0/s1. The summed E-state index contributed by atoms with van der Waals surface area (Å²) in [7, 11) is 0. The van der Waals surface area contributed by atoms with Crippen molar-refractivity contribution in [3.63, 3.8) is 0 Å². The van der Waals surface area contributed by atoms with Crippen LogP contribution >= 0.6 is 0 Å². The van der Waals surface area contributed by atoms with E-state index in [0.29, 0.717) is 13.0 Å². The summed E-state index contributed by atoms with van der Waals surface area (Å²) in [5, 5.41) is 12.5. The highest BCUT2D eigenvalue weighted by atomic mass is 16.5. The minimum Gasteiger partial charge on any atom is -0.480 e. The van der Waals surface area contributed by atoms with Crippen LogP contribution in [0, 0.1) is 5.41 Å². The van der Waals surface area contributed by atoms with Crippen molar-refractivity contribution in [2.75, 3.05) is 6.61 Å². The summed E-state index contributed by atoms with van der Waals surface area (Å²) in [6.07, 6.45) is 5.24. The molecule has 0 unspecified atom stereocenters. The molecule has 2 rings (SSSR count). The zero-order valence-electron chi connectivity index (χ0n) is 13.7. The van der Waals surface area contributed by atoms with Gasteiger partial charge in [-0.1, -0.05) is 20.8 Å². The van der Waals surface area contributed by atoms with E-state index in [9.17, 15) is 9.90 Å². The van der Waals surface area contributed by atoms with Crippen LogP contribution in [-0.2, 0) is 17.8 Å². The van der Waals surface area contributed by atoms with E-state index in [4.69, 9.17) is 4.74 Å². The number of hydrogen-bond donors (Lipinski definition) is 2. The molecule has 2 N–H and O–H groups in total. The number of nitrogens with zero attached hydrogens (tertiary/aromatic N) is 1. The van der Waals surface area contributed by atoms with Crippen LogP contribution in [0.15, 0.2) is 12.3 Å². The van der Waals surface area contributed by atoms with E-state index in [2.05, 4.69) is 37.1 Å². The number of aromatic nitrogens is 1.